The number of alkyl halides is 1. The highest BCUT2D eigenvalue weighted by Crippen LogP contribution is 2.19. The zero-order valence-electron chi connectivity index (χ0n) is 7.88. The molecule has 0 unspecified atom stereocenters. The molecule has 0 saturated carbocycles. The highest BCUT2D eigenvalue weighted by Gasteiger charge is 2.11. The summed E-state index contributed by atoms with van der Waals surface area (Å²) in [5, 5.41) is 0.400. The van der Waals surface area contributed by atoms with Crippen molar-refractivity contribution in [1.82, 2.24) is 0 Å². The fourth-order valence-electron chi connectivity index (χ4n) is 1.33. The van der Waals surface area contributed by atoms with Crippen LogP contribution < -0.4 is 0 Å². The van der Waals surface area contributed by atoms with Crippen molar-refractivity contribution in [2.45, 2.75) is 19.8 Å². The van der Waals surface area contributed by atoms with Crippen molar-refractivity contribution < 1.29 is 4.79 Å². The third-order valence-corrected chi connectivity index (χ3v) is 2.51. The van der Waals surface area contributed by atoms with E-state index in [1.807, 2.05) is 24.3 Å². The Bertz CT molecular complexity index is 305. The van der Waals surface area contributed by atoms with Crippen molar-refractivity contribution in [3.63, 3.8) is 0 Å². The summed E-state index contributed by atoms with van der Waals surface area (Å²) < 4.78 is 0. The Hall–Kier alpha value is -0.630. The molecule has 2 heteroatoms. The lowest BCUT2D eigenvalue weighted by Crippen LogP contribution is -2.05. The normalized spacial score (nSPS) is 10.5. The van der Waals surface area contributed by atoms with Gasteiger partial charge in [0.25, 0.3) is 0 Å². The molecular formula is C11H13BrO. The Morgan fingerprint density at radius 2 is 2.00 bits per heavy atom. The van der Waals surface area contributed by atoms with Gasteiger partial charge in [-0.1, -0.05) is 54.0 Å². The molecule has 13 heavy (non-hydrogen) atoms. The van der Waals surface area contributed by atoms with Crippen LogP contribution in [0.25, 0.3) is 0 Å². The van der Waals surface area contributed by atoms with Gasteiger partial charge in [-0.25, -0.2) is 0 Å². The average molecular weight is 241 g/mol. The van der Waals surface area contributed by atoms with E-state index >= 15 is 0 Å². The summed E-state index contributed by atoms with van der Waals surface area (Å²) in [7, 11) is 0. The first kappa shape index (κ1) is 10.5. The van der Waals surface area contributed by atoms with Crippen LogP contribution in [0.5, 0.6) is 0 Å². The van der Waals surface area contributed by atoms with Crippen molar-refractivity contribution in [3.05, 3.63) is 35.4 Å². The molecule has 1 aromatic rings. The van der Waals surface area contributed by atoms with E-state index in [-0.39, 0.29) is 5.78 Å². The van der Waals surface area contributed by atoms with Crippen LogP contribution in [0.4, 0.5) is 0 Å². The molecule has 0 heterocycles. The second kappa shape index (κ2) is 4.56. The molecule has 0 aliphatic carbocycles. The van der Waals surface area contributed by atoms with Crippen LogP contribution >= 0.6 is 15.9 Å². The Morgan fingerprint density at radius 1 is 1.38 bits per heavy atom. The lowest BCUT2D eigenvalue weighted by atomic mass is 9.95. The van der Waals surface area contributed by atoms with Crippen molar-refractivity contribution >= 4 is 21.7 Å². The third-order valence-electron chi connectivity index (χ3n) is 2.00. The molecule has 0 fully saturated rings. The van der Waals surface area contributed by atoms with E-state index in [0.717, 1.165) is 11.1 Å². The molecular weight excluding hydrogens is 228 g/mol. The Labute approximate surface area is 87.3 Å². The molecule has 0 bridgehead atoms. The summed E-state index contributed by atoms with van der Waals surface area (Å²) in [5.74, 6) is 0.559. The number of benzene rings is 1. The summed E-state index contributed by atoms with van der Waals surface area (Å²) in [5.41, 5.74) is 1.97. The molecule has 70 valence electrons. The zero-order valence-corrected chi connectivity index (χ0v) is 9.47. The van der Waals surface area contributed by atoms with E-state index in [1.54, 1.807) is 0 Å². The van der Waals surface area contributed by atoms with Gasteiger partial charge in [0, 0.05) is 5.56 Å². The van der Waals surface area contributed by atoms with Gasteiger partial charge in [-0.3, -0.25) is 4.79 Å². The monoisotopic (exact) mass is 240 g/mol. The minimum absolute atomic E-state index is 0.157. The molecule has 0 radical (unpaired) electrons. The summed E-state index contributed by atoms with van der Waals surface area (Å²) >= 11 is 3.19. The molecule has 1 rings (SSSR count). The van der Waals surface area contributed by atoms with E-state index in [0.29, 0.717) is 11.2 Å². The number of Topliss-reactive ketones (excluding diaryl/α,β-unsaturated/α-hetero) is 1. The lowest BCUT2D eigenvalue weighted by Gasteiger charge is -2.09. The van der Waals surface area contributed by atoms with E-state index < -0.39 is 0 Å². The zero-order chi connectivity index (χ0) is 9.84. The first-order valence-corrected chi connectivity index (χ1v) is 5.47. The SMILES string of the molecule is CC(C)c1ccccc1C(=O)CBr. The first-order chi connectivity index (χ1) is 6.16. The van der Waals surface area contributed by atoms with Crippen molar-refractivity contribution in [3.8, 4) is 0 Å². The van der Waals surface area contributed by atoms with Crippen LogP contribution in [-0.2, 0) is 0 Å². The topological polar surface area (TPSA) is 17.1 Å². The second-order valence-corrected chi connectivity index (χ2v) is 3.86. The van der Waals surface area contributed by atoms with Gasteiger partial charge in [0.2, 0.25) is 0 Å². The first-order valence-electron chi connectivity index (χ1n) is 4.35. The minimum atomic E-state index is 0.157. The number of halogens is 1. The molecule has 1 aromatic carbocycles. The summed E-state index contributed by atoms with van der Waals surface area (Å²) in [4.78, 5) is 11.5. The van der Waals surface area contributed by atoms with Gasteiger partial charge in [0.15, 0.2) is 5.78 Å². The number of rotatable bonds is 3. The molecule has 1 nitrogen and oxygen atoms in total. The number of hydrogen-bond acceptors (Lipinski definition) is 1. The maximum absolute atomic E-state index is 11.5. The van der Waals surface area contributed by atoms with Crippen LogP contribution in [0.3, 0.4) is 0 Å². The van der Waals surface area contributed by atoms with Gasteiger partial charge in [-0.05, 0) is 11.5 Å². The number of ketones is 1. The molecule has 0 aliphatic rings. The highest BCUT2D eigenvalue weighted by atomic mass is 79.9. The van der Waals surface area contributed by atoms with Gasteiger partial charge in [-0.15, -0.1) is 0 Å². The van der Waals surface area contributed by atoms with Gasteiger partial charge < -0.3 is 0 Å². The maximum atomic E-state index is 11.5. The number of carbonyl (C=O) groups excluding carboxylic acids is 1. The van der Waals surface area contributed by atoms with Crippen LogP contribution in [-0.4, -0.2) is 11.1 Å². The van der Waals surface area contributed by atoms with Gasteiger partial charge in [-0.2, -0.15) is 0 Å². The van der Waals surface area contributed by atoms with E-state index in [4.69, 9.17) is 0 Å². The predicted molar refractivity (Wildman–Crippen MR) is 58.7 cm³/mol. The maximum Gasteiger partial charge on any atom is 0.173 e. The Balaban J connectivity index is 3.12. The fraction of sp³-hybridized carbons (Fsp3) is 0.364. The van der Waals surface area contributed by atoms with Crippen LogP contribution in [0.1, 0.15) is 35.7 Å². The van der Waals surface area contributed by atoms with Crippen LogP contribution in [0.2, 0.25) is 0 Å². The third kappa shape index (κ3) is 2.41. The summed E-state index contributed by atoms with van der Waals surface area (Å²) in [6, 6.07) is 7.78. The van der Waals surface area contributed by atoms with Crippen molar-refractivity contribution in [2.75, 3.05) is 5.33 Å². The van der Waals surface area contributed by atoms with Crippen molar-refractivity contribution in [1.29, 1.82) is 0 Å². The quantitative estimate of drug-likeness (QED) is 0.585. The van der Waals surface area contributed by atoms with Gasteiger partial charge >= 0.3 is 0 Å². The van der Waals surface area contributed by atoms with Crippen molar-refractivity contribution in [2.24, 2.45) is 0 Å². The molecule has 0 N–H and O–H groups in total. The minimum Gasteiger partial charge on any atom is -0.293 e. The largest absolute Gasteiger partial charge is 0.293 e. The average Bonchev–Trinajstić information content (AvgIpc) is 2.16. The number of carbonyl (C=O) groups is 1. The number of hydrogen-bond donors (Lipinski definition) is 0. The molecule has 0 saturated heterocycles. The lowest BCUT2D eigenvalue weighted by molar-refractivity contribution is 0.102. The summed E-state index contributed by atoms with van der Waals surface area (Å²) in [6.07, 6.45) is 0. The highest BCUT2D eigenvalue weighted by molar-refractivity contribution is 9.09. The summed E-state index contributed by atoms with van der Waals surface area (Å²) in [6.45, 7) is 4.20. The van der Waals surface area contributed by atoms with Crippen LogP contribution in [0.15, 0.2) is 24.3 Å². The van der Waals surface area contributed by atoms with E-state index in [2.05, 4.69) is 29.8 Å². The Morgan fingerprint density at radius 3 is 2.54 bits per heavy atom. The van der Waals surface area contributed by atoms with E-state index in [1.165, 1.54) is 0 Å². The van der Waals surface area contributed by atoms with Gasteiger partial charge in [0.05, 0.1) is 5.33 Å². The molecule has 0 aliphatic heterocycles. The van der Waals surface area contributed by atoms with Crippen LogP contribution in [0, 0.1) is 0 Å². The molecule has 0 amide bonds. The second-order valence-electron chi connectivity index (χ2n) is 3.30. The molecule has 0 spiro atoms. The Kier molecular flexibility index (Phi) is 3.67. The fourth-order valence-corrected chi connectivity index (χ4v) is 1.63. The van der Waals surface area contributed by atoms with E-state index in [9.17, 15) is 4.79 Å². The smallest absolute Gasteiger partial charge is 0.173 e. The molecule has 0 atom stereocenters. The standard InChI is InChI=1S/C11H13BrO/c1-8(2)9-5-3-4-6-10(9)11(13)7-12/h3-6,8H,7H2,1-2H3. The molecule has 0 aromatic heterocycles. The predicted octanol–water partition coefficient (Wildman–Crippen LogP) is 3.39. The van der Waals surface area contributed by atoms with Gasteiger partial charge in [0.1, 0.15) is 0 Å².